The van der Waals surface area contributed by atoms with E-state index in [0.29, 0.717) is 0 Å². The highest BCUT2D eigenvalue weighted by Gasteiger charge is 2.29. The van der Waals surface area contributed by atoms with Gasteiger partial charge in [0.15, 0.2) is 0 Å². The van der Waals surface area contributed by atoms with E-state index in [1.807, 2.05) is 24.3 Å². The van der Waals surface area contributed by atoms with Gasteiger partial charge >= 0.3 is 0 Å². The fourth-order valence-electron chi connectivity index (χ4n) is 2.10. The number of carbonyl (C=O) groups is 2. The Morgan fingerprint density at radius 1 is 1.18 bits per heavy atom. The summed E-state index contributed by atoms with van der Waals surface area (Å²) >= 11 is 0. The summed E-state index contributed by atoms with van der Waals surface area (Å²) in [5, 5.41) is 6.21. The predicted octanol–water partition coefficient (Wildman–Crippen LogP) is 0.455. The first-order valence-electron chi connectivity index (χ1n) is 5.39. The van der Waals surface area contributed by atoms with E-state index in [9.17, 15) is 9.59 Å². The number of para-hydroxylation sites is 1. The summed E-state index contributed by atoms with van der Waals surface area (Å²) in [4.78, 5) is 26.1. The highest BCUT2D eigenvalue weighted by atomic mass is 16.2. The highest BCUT2D eigenvalue weighted by molar-refractivity contribution is 5.98. The van der Waals surface area contributed by atoms with Gasteiger partial charge in [-0.3, -0.25) is 9.59 Å². The maximum absolute atomic E-state index is 11.7. The molecule has 3 N–H and O–H groups in total. The summed E-state index contributed by atoms with van der Waals surface area (Å²) in [6.45, 7) is 0.0533. The number of hydrogen-bond donors (Lipinski definition) is 3. The van der Waals surface area contributed by atoms with Crippen LogP contribution >= 0.6 is 0 Å². The Labute approximate surface area is 97.2 Å². The van der Waals surface area contributed by atoms with Crippen LogP contribution in [0.25, 0.3) is 10.9 Å². The lowest BCUT2D eigenvalue weighted by atomic mass is 10.0. The van der Waals surface area contributed by atoms with Crippen molar-refractivity contribution in [3.8, 4) is 0 Å². The quantitative estimate of drug-likeness (QED) is 0.664. The van der Waals surface area contributed by atoms with Crippen LogP contribution in [0.4, 0.5) is 0 Å². The second kappa shape index (κ2) is 3.62. The van der Waals surface area contributed by atoms with Crippen LogP contribution < -0.4 is 10.6 Å². The topological polar surface area (TPSA) is 74.0 Å². The van der Waals surface area contributed by atoms with Gasteiger partial charge in [-0.25, -0.2) is 0 Å². The molecule has 1 atom stereocenters. The van der Waals surface area contributed by atoms with E-state index in [-0.39, 0.29) is 18.4 Å². The van der Waals surface area contributed by atoms with Crippen LogP contribution in [0.15, 0.2) is 30.5 Å². The largest absolute Gasteiger partial charge is 0.361 e. The minimum absolute atomic E-state index is 0.0533. The maximum atomic E-state index is 11.7. The van der Waals surface area contributed by atoms with Crippen LogP contribution in [0, 0.1) is 0 Å². The number of amides is 2. The first-order valence-corrected chi connectivity index (χ1v) is 5.39. The molecule has 0 saturated carbocycles. The van der Waals surface area contributed by atoms with Crippen molar-refractivity contribution < 1.29 is 9.59 Å². The van der Waals surface area contributed by atoms with Crippen molar-refractivity contribution in [2.75, 3.05) is 6.54 Å². The Morgan fingerprint density at radius 2 is 2.00 bits per heavy atom. The van der Waals surface area contributed by atoms with Crippen molar-refractivity contribution >= 4 is 22.7 Å². The van der Waals surface area contributed by atoms with Gasteiger partial charge in [0.25, 0.3) is 0 Å². The number of piperazine rings is 1. The molecule has 5 heteroatoms. The van der Waals surface area contributed by atoms with Crippen LogP contribution in [0.2, 0.25) is 0 Å². The molecule has 1 aromatic carbocycles. The lowest BCUT2D eigenvalue weighted by Crippen LogP contribution is -2.50. The van der Waals surface area contributed by atoms with E-state index in [1.165, 1.54) is 0 Å². The van der Waals surface area contributed by atoms with E-state index in [1.54, 1.807) is 6.20 Å². The molecule has 2 aromatic rings. The Hall–Kier alpha value is -2.30. The molecule has 2 heterocycles. The summed E-state index contributed by atoms with van der Waals surface area (Å²) in [6, 6.07) is 7.08. The maximum Gasteiger partial charge on any atom is 0.247 e. The normalized spacial score (nSPS) is 20.1. The van der Waals surface area contributed by atoms with Gasteiger partial charge < -0.3 is 15.6 Å². The number of H-pyrrole nitrogens is 1. The number of benzene rings is 1. The second-order valence-corrected chi connectivity index (χ2v) is 4.01. The molecule has 0 unspecified atom stereocenters. The second-order valence-electron chi connectivity index (χ2n) is 4.01. The zero-order valence-electron chi connectivity index (χ0n) is 8.99. The molecule has 0 radical (unpaired) electrons. The molecule has 3 rings (SSSR count). The van der Waals surface area contributed by atoms with Gasteiger partial charge in [-0.15, -0.1) is 0 Å². The van der Waals surface area contributed by atoms with Gasteiger partial charge in [-0.1, -0.05) is 18.2 Å². The van der Waals surface area contributed by atoms with E-state index in [4.69, 9.17) is 0 Å². The standard InChI is InChI=1S/C12H11N3O2/c16-10-6-14-12(17)11(15-10)8-5-13-9-4-2-1-3-7(8)9/h1-5,11,13H,6H2,(H,14,17)(H,15,16)/t11-/m0/s1. The zero-order chi connectivity index (χ0) is 11.8. The fraction of sp³-hybridized carbons (Fsp3) is 0.167. The fourth-order valence-corrected chi connectivity index (χ4v) is 2.10. The minimum atomic E-state index is -0.604. The average Bonchev–Trinajstić information content (AvgIpc) is 2.76. The highest BCUT2D eigenvalue weighted by Crippen LogP contribution is 2.24. The number of fused-ring (bicyclic) bond motifs is 1. The van der Waals surface area contributed by atoms with Crippen molar-refractivity contribution in [1.29, 1.82) is 0 Å². The third-order valence-electron chi connectivity index (χ3n) is 2.92. The third-order valence-corrected chi connectivity index (χ3v) is 2.92. The molecule has 17 heavy (non-hydrogen) atoms. The molecule has 0 spiro atoms. The van der Waals surface area contributed by atoms with Gasteiger partial charge in [0.05, 0.1) is 6.54 Å². The van der Waals surface area contributed by atoms with Crippen LogP contribution in [-0.2, 0) is 9.59 Å². The number of aromatic nitrogens is 1. The van der Waals surface area contributed by atoms with E-state index in [2.05, 4.69) is 15.6 Å². The molecule has 86 valence electrons. The smallest absolute Gasteiger partial charge is 0.247 e. The first-order chi connectivity index (χ1) is 8.25. The SMILES string of the molecule is O=C1CNC(=O)[C@H](c2c[nH]c3ccccc23)N1. The number of carbonyl (C=O) groups excluding carboxylic acids is 2. The van der Waals surface area contributed by atoms with Crippen molar-refractivity contribution in [3.05, 3.63) is 36.0 Å². The summed E-state index contributed by atoms with van der Waals surface area (Å²) in [6.07, 6.45) is 1.76. The van der Waals surface area contributed by atoms with Crippen molar-refractivity contribution in [1.82, 2.24) is 15.6 Å². The summed E-state index contributed by atoms with van der Waals surface area (Å²) in [7, 11) is 0. The van der Waals surface area contributed by atoms with Crippen molar-refractivity contribution in [2.45, 2.75) is 6.04 Å². The molecule has 5 nitrogen and oxygen atoms in total. The lowest BCUT2D eigenvalue weighted by molar-refractivity contribution is -0.133. The van der Waals surface area contributed by atoms with Gasteiger partial charge in [0.2, 0.25) is 11.8 Å². The van der Waals surface area contributed by atoms with Crippen LogP contribution in [-0.4, -0.2) is 23.3 Å². The molecular weight excluding hydrogens is 218 g/mol. The number of nitrogens with one attached hydrogen (secondary N) is 3. The van der Waals surface area contributed by atoms with E-state index in [0.717, 1.165) is 16.5 Å². The summed E-state index contributed by atoms with van der Waals surface area (Å²) < 4.78 is 0. The average molecular weight is 229 g/mol. The monoisotopic (exact) mass is 229 g/mol. The number of aromatic amines is 1. The predicted molar refractivity (Wildman–Crippen MR) is 62.2 cm³/mol. The van der Waals surface area contributed by atoms with Crippen molar-refractivity contribution in [2.24, 2.45) is 0 Å². The molecule has 1 aliphatic heterocycles. The van der Waals surface area contributed by atoms with Crippen LogP contribution in [0.5, 0.6) is 0 Å². The van der Waals surface area contributed by atoms with Gasteiger partial charge in [-0.05, 0) is 6.07 Å². The summed E-state index contributed by atoms with van der Waals surface area (Å²) in [5.74, 6) is -0.339. The third kappa shape index (κ3) is 1.56. The number of hydrogen-bond acceptors (Lipinski definition) is 2. The Morgan fingerprint density at radius 3 is 2.88 bits per heavy atom. The molecule has 1 aromatic heterocycles. The molecule has 1 saturated heterocycles. The van der Waals surface area contributed by atoms with E-state index >= 15 is 0 Å². The van der Waals surface area contributed by atoms with Crippen molar-refractivity contribution in [3.63, 3.8) is 0 Å². The molecule has 0 bridgehead atoms. The van der Waals surface area contributed by atoms with Gasteiger partial charge in [-0.2, -0.15) is 0 Å². The molecule has 2 amide bonds. The molecule has 1 aliphatic rings. The Kier molecular flexibility index (Phi) is 2.11. The van der Waals surface area contributed by atoms with Crippen LogP contribution in [0.3, 0.4) is 0 Å². The number of rotatable bonds is 1. The minimum Gasteiger partial charge on any atom is -0.361 e. The Bertz CT molecular complexity index is 603. The molecule has 1 fully saturated rings. The Balaban J connectivity index is 2.08. The molecular formula is C12H11N3O2. The van der Waals surface area contributed by atoms with Crippen LogP contribution in [0.1, 0.15) is 11.6 Å². The van der Waals surface area contributed by atoms with Gasteiger partial charge in [0.1, 0.15) is 6.04 Å². The summed E-state index contributed by atoms with van der Waals surface area (Å²) in [5.41, 5.74) is 1.75. The lowest BCUT2D eigenvalue weighted by Gasteiger charge is -2.22. The molecule has 0 aliphatic carbocycles. The van der Waals surface area contributed by atoms with E-state index < -0.39 is 6.04 Å². The first kappa shape index (κ1) is 9.89. The zero-order valence-corrected chi connectivity index (χ0v) is 8.99. The van der Waals surface area contributed by atoms with Gasteiger partial charge in [0, 0.05) is 22.7 Å².